The van der Waals surface area contributed by atoms with Crippen LogP contribution in [0.25, 0.3) is 0 Å². The van der Waals surface area contributed by atoms with E-state index in [-0.39, 0.29) is 18.0 Å². The van der Waals surface area contributed by atoms with E-state index >= 15 is 0 Å². The van der Waals surface area contributed by atoms with Crippen molar-refractivity contribution in [3.63, 3.8) is 0 Å². The zero-order valence-corrected chi connectivity index (χ0v) is 13.6. The summed E-state index contributed by atoms with van der Waals surface area (Å²) in [4.78, 5) is 10.6. The molecule has 2 aromatic carbocycles. The molecule has 0 saturated heterocycles. The number of nitro benzene ring substituents is 1. The first kappa shape index (κ1) is 15.0. The predicted octanol–water partition coefficient (Wildman–Crippen LogP) is 4.83. The van der Waals surface area contributed by atoms with Crippen LogP contribution in [0.2, 0.25) is 0 Å². The molecule has 0 atom stereocenters. The molecule has 2 rings (SSSR count). The molecule has 0 bridgehead atoms. The third-order valence-corrected chi connectivity index (χ3v) is 4.14. The molecule has 0 aliphatic rings. The van der Waals surface area contributed by atoms with Gasteiger partial charge in [-0.05, 0) is 17.7 Å². The summed E-state index contributed by atoms with van der Waals surface area (Å²) < 4.78 is 6.53. The number of nitro groups is 1. The molecule has 0 radical (unpaired) electrons. The van der Waals surface area contributed by atoms with Gasteiger partial charge in [0.05, 0.1) is 4.92 Å². The number of hydrogen-bond donors (Lipinski definition) is 0. The molecule has 6 heteroatoms. The van der Waals surface area contributed by atoms with E-state index in [0.29, 0.717) is 5.33 Å². The van der Waals surface area contributed by atoms with Gasteiger partial charge in [0, 0.05) is 21.4 Å². The van der Waals surface area contributed by atoms with Crippen LogP contribution in [0.1, 0.15) is 11.1 Å². The van der Waals surface area contributed by atoms with Gasteiger partial charge < -0.3 is 4.74 Å². The highest BCUT2D eigenvalue weighted by molar-refractivity contribution is 9.10. The van der Waals surface area contributed by atoms with Crippen molar-refractivity contribution >= 4 is 37.5 Å². The average molecular weight is 401 g/mol. The number of alkyl halides is 1. The molecule has 0 aromatic heterocycles. The topological polar surface area (TPSA) is 52.4 Å². The monoisotopic (exact) mass is 399 g/mol. The molecule has 0 heterocycles. The van der Waals surface area contributed by atoms with Crippen LogP contribution < -0.4 is 4.74 Å². The number of ether oxygens (including phenoxy) is 1. The average Bonchev–Trinajstić information content (AvgIpc) is 2.46. The maximum Gasteiger partial charge on any atom is 0.310 e. The highest BCUT2D eigenvalue weighted by atomic mass is 79.9. The van der Waals surface area contributed by atoms with Crippen molar-refractivity contribution in [1.29, 1.82) is 0 Å². The summed E-state index contributed by atoms with van der Waals surface area (Å²) in [6.45, 7) is 0.272. The fourth-order valence-electron chi connectivity index (χ4n) is 1.68. The van der Waals surface area contributed by atoms with Gasteiger partial charge in [0.25, 0.3) is 0 Å². The minimum atomic E-state index is -0.437. The second-order valence-corrected chi connectivity index (χ2v) is 5.49. The van der Waals surface area contributed by atoms with Crippen molar-refractivity contribution in [3.05, 3.63) is 68.2 Å². The van der Waals surface area contributed by atoms with Crippen LogP contribution >= 0.6 is 31.9 Å². The van der Waals surface area contributed by atoms with Crippen LogP contribution in [0, 0.1) is 10.1 Å². The van der Waals surface area contributed by atoms with Crippen LogP contribution in [0.5, 0.6) is 5.75 Å². The minimum absolute atomic E-state index is 0.0262. The van der Waals surface area contributed by atoms with E-state index in [1.54, 1.807) is 12.1 Å². The van der Waals surface area contributed by atoms with Crippen molar-refractivity contribution in [1.82, 2.24) is 0 Å². The number of rotatable bonds is 5. The van der Waals surface area contributed by atoms with E-state index in [1.165, 1.54) is 6.07 Å². The third-order valence-electron chi connectivity index (χ3n) is 2.72. The van der Waals surface area contributed by atoms with Crippen LogP contribution in [0.15, 0.2) is 46.9 Å². The van der Waals surface area contributed by atoms with E-state index in [2.05, 4.69) is 31.9 Å². The normalized spacial score (nSPS) is 10.3. The molecule has 0 spiro atoms. The van der Waals surface area contributed by atoms with Crippen molar-refractivity contribution in [2.24, 2.45) is 0 Å². The lowest BCUT2D eigenvalue weighted by atomic mass is 10.2. The quantitative estimate of drug-likeness (QED) is 0.410. The third kappa shape index (κ3) is 3.58. The Labute approximate surface area is 133 Å². The molecule has 0 unspecified atom stereocenters. The Morgan fingerprint density at radius 2 is 1.95 bits per heavy atom. The van der Waals surface area contributed by atoms with E-state index in [1.807, 2.05) is 24.3 Å². The lowest BCUT2D eigenvalue weighted by Gasteiger charge is -2.09. The van der Waals surface area contributed by atoms with Crippen molar-refractivity contribution < 1.29 is 9.66 Å². The molecule has 4 nitrogen and oxygen atoms in total. The molecular weight excluding hydrogens is 390 g/mol. The van der Waals surface area contributed by atoms with Gasteiger partial charge in [-0.1, -0.05) is 56.1 Å². The molecule has 0 amide bonds. The molecule has 104 valence electrons. The Hall–Kier alpha value is -1.40. The molecule has 0 saturated carbocycles. The zero-order valence-electron chi connectivity index (χ0n) is 10.4. The highest BCUT2D eigenvalue weighted by Gasteiger charge is 2.15. The van der Waals surface area contributed by atoms with Crippen LogP contribution in [-0.4, -0.2) is 4.92 Å². The fourth-order valence-corrected chi connectivity index (χ4v) is 2.43. The maximum atomic E-state index is 11.0. The van der Waals surface area contributed by atoms with Gasteiger partial charge in [0.15, 0.2) is 5.75 Å². The summed E-state index contributed by atoms with van der Waals surface area (Å²) in [5.41, 5.74) is 1.84. The maximum absolute atomic E-state index is 11.0. The van der Waals surface area contributed by atoms with Gasteiger partial charge >= 0.3 is 5.69 Å². The van der Waals surface area contributed by atoms with Gasteiger partial charge in [0.2, 0.25) is 0 Å². The standard InChI is InChI=1S/C14H11Br2NO3/c15-8-10-5-6-13(17(18)19)14(7-10)20-9-11-3-1-2-4-12(11)16/h1-7H,8-9H2. The predicted molar refractivity (Wildman–Crippen MR) is 84.2 cm³/mol. The summed E-state index contributed by atoms with van der Waals surface area (Å²) in [6.07, 6.45) is 0. The first-order valence-corrected chi connectivity index (χ1v) is 7.72. The number of halogens is 2. The van der Waals surface area contributed by atoms with Crippen molar-refractivity contribution in [3.8, 4) is 5.75 Å². The molecule has 20 heavy (non-hydrogen) atoms. The number of benzene rings is 2. The summed E-state index contributed by atoms with van der Waals surface area (Å²) in [5, 5.41) is 11.6. The SMILES string of the molecule is O=[N+]([O-])c1ccc(CBr)cc1OCc1ccccc1Br. The Balaban J connectivity index is 2.24. The molecule has 0 N–H and O–H groups in total. The Morgan fingerprint density at radius 1 is 1.20 bits per heavy atom. The lowest BCUT2D eigenvalue weighted by molar-refractivity contribution is -0.386. The van der Waals surface area contributed by atoms with E-state index in [0.717, 1.165) is 15.6 Å². The minimum Gasteiger partial charge on any atom is -0.482 e. The highest BCUT2D eigenvalue weighted by Crippen LogP contribution is 2.30. The zero-order chi connectivity index (χ0) is 14.5. The van der Waals surface area contributed by atoms with Gasteiger partial charge in [-0.3, -0.25) is 10.1 Å². The van der Waals surface area contributed by atoms with Crippen molar-refractivity contribution in [2.75, 3.05) is 0 Å². The molecule has 0 aliphatic carbocycles. The van der Waals surface area contributed by atoms with Crippen molar-refractivity contribution in [2.45, 2.75) is 11.9 Å². The second-order valence-electron chi connectivity index (χ2n) is 4.07. The summed E-state index contributed by atoms with van der Waals surface area (Å²) in [7, 11) is 0. The Kier molecular flexibility index (Phi) is 5.14. The lowest BCUT2D eigenvalue weighted by Crippen LogP contribution is -2.00. The van der Waals surface area contributed by atoms with Crippen LogP contribution in [0.3, 0.4) is 0 Å². The van der Waals surface area contributed by atoms with Crippen LogP contribution in [-0.2, 0) is 11.9 Å². The number of nitrogens with zero attached hydrogens (tertiary/aromatic N) is 1. The molecule has 0 aliphatic heterocycles. The van der Waals surface area contributed by atoms with Gasteiger partial charge in [-0.25, -0.2) is 0 Å². The summed E-state index contributed by atoms with van der Waals surface area (Å²) in [5.74, 6) is 0.280. The largest absolute Gasteiger partial charge is 0.482 e. The fraction of sp³-hybridized carbons (Fsp3) is 0.143. The summed E-state index contributed by atoms with van der Waals surface area (Å²) in [6, 6.07) is 12.5. The number of hydrogen-bond acceptors (Lipinski definition) is 3. The van der Waals surface area contributed by atoms with Gasteiger partial charge in [0.1, 0.15) is 6.61 Å². The summed E-state index contributed by atoms with van der Waals surface area (Å²) >= 11 is 6.75. The molecule has 2 aromatic rings. The second kappa shape index (κ2) is 6.85. The first-order valence-electron chi connectivity index (χ1n) is 5.81. The molecule has 0 fully saturated rings. The smallest absolute Gasteiger partial charge is 0.310 e. The van der Waals surface area contributed by atoms with Crippen LogP contribution in [0.4, 0.5) is 5.69 Å². The van der Waals surface area contributed by atoms with Gasteiger partial charge in [-0.2, -0.15) is 0 Å². The Morgan fingerprint density at radius 3 is 2.60 bits per heavy atom. The molecular formula is C14H11Br2NO3. The van der Waals surface area contributed by atoms with Gasteiger partial charge in [-0.15, -0.1) is 0 Å². The van der Waals surface area contributed by atoms with E-state index < -0.39 is 4.92 Å². The van der Waals surface area contributed by atoms with E-state index in [9.17, 15) is 10.1 Å². The van der Waals surface area contributed by atoms with E-state index in [4.69, 9.17) is 4.74 Å². The first-order chi connectivity index (χ1) is 9.61. The Bertz CT molecular complexity index is 632.